The number of thioether (sulfide) groups is 1. The second-order valence-electron chi connectivity index (χ2n) is 5.90. The Morgan fingerprint density at radius 2 is 1.75 bits per heavy atom. The van der Waals surface area contributed by atoms with Gasteiger partial charge in [0.05, 0.1) is 29.1 Å². The number of carboxylic acids is 1. The molecule has 0 bridgehead atoms. The van der Waals surface area contributed by atoms with Crippen molar-refractivity contribution in [1.29, 1.82) is 0 Å². The van der Waals surface area contributed by atoms with Crippen molar-refractivity contribution in [2.24, 2.45) is 0 Å². The van der Waals surface area contributed by atoms with Gasteiger partial charge in [-0.2, -0.15) is 0 Å². The number of ether oxygens (including phenoxy) is 1. The third-order valence-corrected chi connectivity index (χ3v) is 5.38. The van der Waals surface area contributed by atoms with E-state index in [-0.39, 0.29) is 29.8 Å². The summed E-state index contributed by atoms with van der Waals surface area (Å²) in [4.78, 5) is 50.2. The zero-order valence-corrected chi connectivity index (χ0v) is 15.7. The number of amides is 2. The van der Waals surface area contributed by atoms with Crippen LogP contribution in [0.3, 0.4) is 0 Å². The van der Waals surface area contributed by atoms with Crippen LogP contribution in [-0.4, -0.2) is 35.6 Å². The summed E-state index contributed by atoms with van der Waals surface area (Å²) in [6.45, 7) is 1.82. The van der Waals surface area contributed by atoms with Crippen LogP contribution in [0.2, 0.25) is 0 Å². The molecule has 1 atom stereocenters. The molecule has 1 aliphatic rings. The number of aromatic carboxylic acids is 1. The van der Waals surface area contributed by atoms with E-state index in [0.717, 1.165) is 16.7 Å². The third kappa shape index (κ3) is 3.77. The summed E-state index contributed by atoms with van der Waals surface area (Å²) in [6.07, 6.45) is -0.109. The van der Waals surface area contributed by atoms with Gasteiger partial charge in [0.2, 0.25) is 11.8 Å². The molecular weight excluding hydrogens is 382 g/mol. The Morgan fingerprint density at radius 1 is 1.11 bits per heavy atom. The lowest BCUT2D eigenvalue weighted by Gasteiger charge is -2.18. The molecule has 0 aromatic heterocycles. The Bertz CT molecular complexity index is 957. The van der Waals surface area contributed by atoms with Gasteiger partial charge in [-0.05, 0) is 25.1 Å². The van der Waals surface area contributed by atoms with Crippen LogP contribution in [-0.2, 0) is 14.3 Å². The molecule has 1 aliphatic heterocycles. The van der Waals surface area contributed by atoms with E-state index < -0.39 is 29.0 Å². The number of anilines is 1. The maximum atomic E-state index is 12.9. The van der Waals surface area contributed by atoms with Gasteiger partial charge in [-0.15, -0.1) is 11.8 Å². The average molecular weight is 398 g/mol. The van der Waals surface area contributed by atoms with Crippen LogP contribution in [0.25, 0.3) is 0 Å². The molecule has 0 unspecified atom stereocenters. The normalized spacial score (nSPS) is 16.3. The molecule has 0 N–H and O–H groups in total. The third-order valence-electron chi connectivity index (χ3n) is 4.12. The van der Waals surface area contributed by atoms with E-state index in [1.807, 2.05) is 0 Å². The Hall–Kier alpha value is -3.13. The maximum Gasteiger partial charge on any atom is 0.340 e. The second-order valence-corrected chi connectivity index (χ2v) is 7.14. The number of hydrogen-bond acceptors (Lipinski definition) is 7. The number of carbonyl (C=O) groups is 4. The molecule has 0 saturated carbocycles. The number of esters is 1. The van der Waals surface area contributed by atoms with Crippen LogP contribution < -0.4 is 10.0 Å². The van der Waals surface area contributed by atoms with Gasteiger partial charge in [-0.25, -0.2) is 9.69 Å². The van der Waals surface area contributed by atoms with E-state index in [1.54, 1.807) is 37.3 Å². The van der Waals surface area contributed by atoms with Gasteiger partial charge in [0.1, 0.15) is 0 Å². The summed E-state index contributed by atoms with van der Waals surface area (Å²) >= 11 is 0.992. The SMILES string of the molecule is CCOC(=O)c1ccccc1N1C(=O)C[C@@H](Sc2ccccc2C(=O)[O-])C1=O. The summed E-state index contributed by atoms with van der Waals surface area (Å²) in [5, 5.41) is 10.5. The zero-order chi connectivity index (χ0) is 20.3. The van der Waals surface area contributed by atoms with Gasteiger partial charge in [0.15, 0.2) is 0 Å². The first-order chi connectivity index (χ1) is 13.4. The number of rotatable bonds is 6. The lowest BCUT2D eigenvalue weighted by Crippen LogP contribution is -2.32. The van der Waals surface area contributed by atoms with Crippen LogP contribution in [0, 0.1) is 0 Å². The molecule has 2 aromatic rings. The highest BCUT2D eigenvalue weighted by atomic mass is 32.2. The summed E-state index contributed by atoms with van der Waals surface area (Å²) in [6, 6.07) is 12.4. The van der Waals surface area contributed by atoms with Crippen LogP contribution in [0.1, 0.15) is 34.1 Å². The molecule has 0 aliphatic carbocycles. The highest BCUT2D eigenvalue weighted by Gasteiger charge is 2.41. The van der Waals surface area contributed by atoms with E-state index in [9.17, 15) is 24.3 Å². The largest absolute Gasteiger partial charge is 0.545 e. The topological polar surface area (TPSA) is 104 Å². The highest BCUT2D eigenvalue weighted by Crippen LogP contribution is 2.36. The molecule has 2 amide bonds. The molecule has 7 nitrogen and oxygen atoms in total. The van der Waals surface area contributed by atoms with E-state index in [0.29, 0.717) is 4.90 Å². The molecule has 2 aromatic carbocycles. The predicted molar refractivity (Wildman–Crippen MR) is 99.9 cm³/mol. The molecule has 3 rings (SSSR count). The van der Waals surface area contributed by atoms with Crippen LogP contribution in [0.5, 0.6) is 0 Å². The molecule has 144 valence electrons. The van der Waals surface area contributed by atoms with Crippen molar-refractivity contribution in [1.82, 2.24) is 0 Å². The summed E-state index contributed by atoms with van der Waals surface area (Å²) < 4.78 is 5.00. The highest BCUT2D eigenvalue weighted by molar-refractivity contribution is 8.00. The molecule has 1 saturated heterocycles. The Labute approximate surface area is 165 Å². The fraction of sp³-hybridized carbons (Fsp3) is 0.200. The van der Waals surface area contributed by atoms with Crippen molar-refractivity contribution in [3.8, 4) is 0 Å². The van der Waals surface area contributed by atoms with Crippen molar-refractivity contribution in [2.75, 3.05) is 11.5 Å². The number of carbonyl (C=O) groups excluding carboxylic acids is 4. The fourth-order valence-electron chi connectivity index (χ4n) is 2.89. The van der Waals surface area contributed by atoms with Gasteiger partial charge in [0.25, 0.3) is 0 Å². The maximum absolute atomic E-state index is 12.9. The van der Waals surface area contributed by atoms with E-state index in [4.69, 9.17) is 4.74 Å². The molecular formula is C20H16NO6S-. The summed E-state index contributed by atoms with van der Waals surface area (Å²) in [5.41, 5.74) is 0.234. The van der Waals surface area contributed by atoms with Gasteiger partial charge in [0, 0.05) is 16.9 Å². The van der Waals surface area contributed by atoms with E-state index >= 15 is 0 Å². The Balaban J connectivity index is 1.90. The number of para-hydroxylation sites is 1. The number of hydrogen-bond donors (Lipinski definition) is 0. The van der Waals surface area contributed by atoms with Gasteiger partial charge >= 0.3 is 5.97 Å². The van der Waals surface area contributed by atoms with Crippen molar-refractivity contribution in [3.63, 3.8) is 0 Å². The standard InChI is InChI=1S/C20H17NO6S/c1-2-27-20(26)12-7-3-5-9-14(12)21-17(22)11-16(18(21)23)28-15-10-6-4-8-13(15)19(24)25/h3-10,16H,2,11H2,1H3,(H,24,25)/p-1/t16-/m1/s1. The number of nitrogens with zero attached hydrogens (tertiary/aromatic N) is 1. The van der Waals surface area contributed by atoms with Crippen LogP contribution >= 0.6 is 11.8 Å². The first kappa shape index (κ1) is 19.6. The fourth-order valence-corrected chi connectivity index (χ4v) is 4.06. The lowest BCUT2D eigenvalue weighted by molar-refractivity contribution is -0.255. The zero-order valence-electron chi connectivity index (χ0n) is 14.9. The van der Waals surface area contributed by atoms with Gasteiger partial charge in [-0.1, -0.05) is 30.3 Å². The summed E-state index contributed by atoms with van der Waals surface area (Å²) in [7, 11) is 0. The Kier molecular flexibility index (Phi) is 5.79. The Morgan fingerprint density at radius 3 is 2.43 bits per heavy atom. The minimum atomic E-state index is -1.36. The molecule has 1 fully saturated rings. The van der Waals surface area contributed by atoms with Crippen molar-refractivity contribution in [2.45, 2.75) is 23.5 Å². The monoisotopic (exact) mass is 398 g/mol. The smallest absolute Gasteiger partial charge is 0.340 e. The van der Waals surface area contributed by atoms with Crippen molar-refractivity contribution < 1.29 is 29.0 Å². The number of benzene rings is 2. The van der Waals surface area contributed by atoms with Crippen molar-refractivity contribution in [3.05, 3.63) is 59.7 Å². The molecule has 0 radical (unpaired) electrons. The number of imide groups is 1. The number of carboxylic acid groups (broad SMARTS) is 1. The first-order valence-corrected chi connectivity index (χ1v) is 9.42. The molecule has 0 spiro atoms. The lowest BCUT2D eigenvalue weighted by atomic mass is 10.1. The second kappa shape index (κ2) is 8.26. The van der Waals surface area contributed by atoms with Crippen LogP contribution in [0.4, 0.5) is 5.69 Å². The minimum Gasteiger partial charge on any atom is -0.545 e. The van der Waals surface area contributed by atoms with Crippen molar-refractivity contribution >= 4 is 41.2 Å². The van der Waals surface area contributed by atoms with Gasteiger partial charge < -0.3 is 14.6 Å². The quantitative estimate of drug-likeness (QED) is 0.538. The van der Waals surface area contributed by atoms with Crippen LogP contribution in [0.15, 0.2) is 53.4 Å². The van der Waals surface area contributed by atoms with Gasteiger partial charge in [-0.3, -0.25) is 9.59 Å². The minimum absolute atomic E-state index is 0.0434. The predicted octanol–water partition coefficient (Wildman–Crippen LogP) is 1.65. The van der Waals surface area contributed by atoms with E-state index in [2.05, 4.69) is 0 Å². The molecule has 28 heavy (non-hydrogen) atoms. The first-order valence-electron chi connectivity index (χ1n) is 8.54. The molecule has 1 heterocycles. The summed E-state index contributed by atoms with van der Waals surface area (Å²) in [5.74, 6) is -2.97. The average Bonchev–Trinajstić information content (AvgIpc) is 2.95. The van der Waals surface area contributed by atoms with E-state index in [1.165, 1.54) is 18.2 Å². The molecule has 8 heteroatoms.